The Kier molecular flexibility index (Phi) is 9.84. The van der Waals surface area contributed by atoms with Crippen molar-refractivity contribution >= 4 is 68.5 Å². The molecule has 0 unspecified atom stereocenters. The van der Waals surface area contributed by atoms with Crippen LogP contribution in [0.1, 0.15) is 11.4 Å². The van der Waals surface area contributed by atoms with Crippen molar-refractivity contribution in [1.82, 2.24) is 0 Å². The molecule has 4 nitrogen and oxygen atoms in total. The van der Waals surface area contributed by atoms with Crippen LogP contribution in [0.2, 0.25) is 0 Å². The summed E-state index contributed by atoms with van der Waals surface area (Å²) in [5, 5.41) is 3.46. The Morgan fingerprint density at radius 2 is 0.795 bits per heavy atom. The number of para-hydroxylation sites is 4. The van der Waals surface area contributed by atoms with Gasteiger partial charge in [-0.2, -0.15) is 0 Å². The van der Waals surface area contributed by atoms with Gasteiger partial charge in [0.2, 0.25) is 22.4 Å². The molecule has 39 heavy (non-hydrogen) atoms. The molecule has 0 saturated heterocycles. The van der Waals surface area contributed by atoms with E-state index >= 15 is 0 Å². The van der Waals surface area contributed by atoms with Crippen LogP contribution in [-0.4, -0.2) is 10.1 Å². The first kappa shape index (κ1) is 28.0. The van der Waals surface area contributed by atoms with Crippen molar-refractivity contribution in [2.75, 3.05) is 0 Å². The summed E-state index contributed by atoms with van der Waals surface area (Å²) in [6.45, 7) is 0. The number of aromatic nitrogens is 2. The molecule has 0 aliphatic heterocycles. The average Bonchev–Trinajstić information content (AvgIpc) is 2.98. The molecule has 1 radical (unpaired) electrons. The van der Waals surface area contributed by atoms with E-state index < -0.39 is 0 Å². The van der Waals surface area contributed by atoms with Crippen molar-refractivity contribution in [2.24, 2.45) is 9.98 Å². The minimum absolute atomic E-state index is 0. The van der Waals surface area contributed by atoms with E-state index in [9.17, 15) is 0 Å². The molecule has 193 valence electrons. The maximum atomic E-state index is 5.37. The van der Waals surface area contributed by atoms with Crippen molar-refractivity contribution in [2.45, 2.75) is 0 Å². The molecule has 2 N–H and O–H groups in total. The maximum Gasteiger partial charge on any atom is 2.00 e. The molecule has 6 rings (SSSR count). The zero-order valence-corrected chi connectivity index (χ0v) is 23.3. The Morgan fingerprint density at radius 1 is 0.436 bits per heavy atom. The molecule has 7 heteroatoms. The minimum Gasteiger partial charge on any atom is -0.754 e. The average molecular weight is 592 g/mol. The first-order valence-electron chi connectivity index (χ1n) is 12.1. The molecular formula is C32H24CuN4S2+2. The monoisotopic (exact) mass is 591 g/mol. The Bertz CT molecular complexity index is 1610. The summed E-state index contributed by atoms with van der Waals surface area (Å²) in [6.07, 6.45) is 0. The van der Waals surface area contributed by atoms with E-state index in [0.29, 0.717) is 10.1 Å². The van der Waals surface area contributed by atoms with E-state index in [1.165, 1.54) is 0 Å². The second-order valence-corrected chi connectivity index (χ2v) is 9.20. The molecule has 0 aliphatic carbocycles. The summed E-state index contributed by atoms with van der Waals surface area (Å²) < 4.78 is 0. The fraction of sp³-hybridized carbons (Fsp3) is 0. The van der Waals surface area contributed by atoms with Crippen molar-refractivity contribution in [3.8, 4) is 0 Å². The zero-order valence-electron chi connectivity index (χ0n) is 20.7. The third-order valence-electron chi connectivity index (χ3n) is 5.75. The third kappa shape index (κ3) is 7.53. The number of aliphatic imine (C=N–C) groups is 2. The SMILES string of the molecule is [Cu+2].[S-]C(=Nc1ccccc1)c1ccc2ccccc2[nH+]1.[S-]C(=Nc1ccccc1)c1ccc2ccccc2[nH+]1. The summed E-state index contributed by atoms with van der Waals surface area (Å²) in [7, 11) is 0. The van der Waals surface area contributed by atoms with Crippen molar-refractivity contribution < 1.29 is 27.0 Å². The van der Waals surface area contributed by atoms with Gasteiger partial charge in [-0.1, -0.05) is 60.7 Å². The van der Waals surface area contributed by atoms with Crippen LogP contribution in [0.4, 0.5) is 11.4 Å². The van der Waals surface area contributed by atoms with E-state index in [1.807, 2.05) is 121 Å². The number of hydrogen-bond acceptors (Lipinski definition) is 4. The van der Waals surface area contributed by atoms with E-state index in [1.54, 1.807) is 0 Å². The predicted octanol–water partition coefficient (Wildman–Crippen LogP) is 6.56. The predicted molar refractivity (Wildman–Crippen MR) is 161 cm³/mol. The number of fused-ring (bicyclic) bond motifs is 2. The van der Waals surface area contributed by atoms with Crippen molar-refractivity contribution in [1.29, 1.82) is 0 Å². The number of benzene rings is 4. The Hall–Kier alpha value is -4.00. The van der Waals surface area contributed by atoms with E-state index in [4.69, 9.17) is 25.3 Å². The van der Waals surface area contributed by atoms with Crippen LogP contribution in [0.25, 0.3) is 21.8 Å². The fourth-order valence-electron chi connectivity index (χ4n) is 3.84. The zero-order chi connectivity index (χ0) is 26.2. The third-order valence-corrected chi connectivity index (χ3v) is 6.38. The van der Waals surface area contributed by atoms with Gasteiger partial charge in [-0.15, -0.1) is 0 Å². The number of nitrogens with zero attached hydrogens (tertiary/aromatic N) is 2. The molecular weight excluding hydrogens is 568 g/mol. The van der Waals surface area contributed by atoms with Crippen molar-refractivity contribution in [3.05, 3.63) is 145 Å². The Labute approximate surface area is 249 Å². The standard InChI is InChI=1S/2C16H12N2S.Cu/c2*19-16(17-13-7-2-1-3-8-13)15-11-10-12-6-4-5-9-14(12)18-15;/h2*1-11H,(H,17,19);/q;;+2. The van der Waals surface area contributed by atoms with E-state index in [-0.39, 0.29) is 17.1 Å². The van der Waals surface area contributed by atoms with Gasteiger partial charge in [-0.25, -0.2) is 9.97 Å². The van der Waals surface area contributed by atoms with Crippen LogP contribution in [0.15, 0.2) is 143 Å². The number of hydrogen-bond donors (Lipinski definition) is 0. The molecule has 0 amide bonds. The van der Waals surface area contributed by atoms with Gasteiger partial charge in [0.15, 0.2) is 0 Å². The molecule has 2 aromatic heterocycles. The second kappa shape index (κ2) is 13.7. The Balaban J connectivity index is 0.000000176. The summed E-state index contributed by atoms with van der Waals surface area (Å²) in [6, 6.07) is 43.7. The molecule has 0 spiro atoms. The first-order valence-corrected chi connectivity index (χ1v) is 12.9. The normalized spacial score (nSPS) is 11.4. The van der Waals surface area contributed by atoms with Gasteiger partial charge in [-0.3, -0.25) is 9.98 Å². The molecule has 0 bridgehead atoms. The van der Waals surface area contributed by atoms with Gasteiger partial charge in [-0.05, 0) is 58.6 Å². The van der Waals surface area contributed by atoms with Crippen molar-refractivity contribution in [3.63, 3.8) is 0 Å². The largest absolute Gasteiger partial charge is 2.00 e. The quantitative estimate of drug-likeness (QED) is 0.101. The van der Waals surface area contributed by atoms with Crippen LogP contribution in [-0.2, 0) is 42.3 Å². The summed E-state index contributed by atoms with van der Waals surface area (Å²) in [5.74, 6) is 0. The molecule has 0 fully saturated rings. The molecule has 0 aliphatic rings. The minimum atomic E-state index is 0. The van der Waals surface area contributed by atoms with Gasteiger partial charge in [0.1, 0.15) is 0 Å². The number of pyridine rings is 2. The molecule has 6 aromatic rings. The van der Waals surface area contributed by atoms with Gasteiger partial charge >= 0.3 is 17.1 Å². The Morgan fingerprint density at radius 3 is 1.21 bits per heavy atom. The maximum absolute atomic E-state index is 5.37. The molecule has 0 atom stereocenters. The van der Waals surface area contributed by atoms with Gasteiger partial charge in [0.25, 0.3) is 0 Å². The van der Waals surface area contributed by atoms with Gasteiger partial charge < -0.3 is 25.3 Å². The molecule has 0 saturated carbocycles. The smallest absolute Gasteiger partial charge is 0.754 e. The summed E-state index contributed by atoms with van der Waals surface area (Å²) in [4.78, 5) is 15.5. The molecule has 4 aromatic carbocycles. The van der Waals surface area contributed by atoms with Gasteiger partial charge in [0.05, 0.1) is 11.4 Å². The van der Waals surface area contributed by atoms with Crippen LogP contribution in [0, 0.1) is 0 Å². The van der Waals surface area contributed by atoms with Gasteiger partial charge in [0, 0.05) is 35.0 Å². The number of aromatic amines is 2. The van der Waals surface area contributed by atoms with Crippen LogP contribution in [0.5, 0.6) is 0 Å². The number of H-pyrrole nitrogens is 2. The van der Waals surface area contributed by atoms with E-state index in [0.717, 1.165) is 44.6 Å². The number of nitrogens with one attached hydrogen (secondary N) is 2. The van der Waals surface area contributed by atoms with Crippen LogP contribution < -0.4 is 9.97 Å². The number of rotatable bonds is 4. The first-order chi connectivity index (χ1) is 18.7. The topological polar surface area (TPSA) is 53.0 Å². The summed E-state index contributed by atoms with van der Waals surface area (Å²) >= 11 is 10.7. The second-order valence-electron chi connectivity index (χ2n) is 8.42. The van der Waals surface area contributed by atoms with Crippen LogP contribution in [0.3, 0.4) is 0 Å². The molecule has 2 heterocycles. The van der Waals surface area contributed by atoms with E-state index in [2.05, 4.69) is 32.1 Å². The fourth-order valence-corrected chi connectivity index (χ4v) is 4.29. The summed E-state index contributed by atoms with van der Waals surface area (Å²) in [5.41, 5.74) is 5.58. The van der Waals surface area contributed by atoms with Crippen LogP contribution >= 0.6 is 0 Å².